The van der Waals surface area contributed by atoms with E-state index in [0.717, 1.165) is 5.56 Å². The number of carbonyl (C=O) groups is 1. The Kier molecular flexibility index (Phi) is 8.07. The summed E-state index contributed by atoms with van der Waals surface area (Å²) in [4.78, 5) is 14.6. The summed E-state index contributed by atoms with van der Waals surface area (Å²) >= 11 is 6.24. The average Bonchev–Trinajstić information content (AvgIpc) is 2.70. The lowest BCUT2D eigenvalue weighted by atomic mass is 10.1. The Morgan fingerprint density at radius 3 is 2.34 bits per heavy atom. The van der Waals surface area contributed by atoms with Crippen LogP contribution in [0.1, 0.15) is 36.7 Å². The summed E-state index contributed by atoms with van der Waals surface area (Å²) < 4.78 is 32.6. The van der Waals surface area contributed by atoms with Gasteiger partial charge in [0.1, 0.15) is 5.75 Å². The molecule has 0 heterocycles. The number of rotatable bonds is 9. The van der Waals surface area contributed by atoms with Crippen molar-refractivity contribution in [3.8, 4) is 5.75 Å². The van der Waals surface area contributed by atoms with Gasteiger partial charge in [-0.3, -0.25) is 4.79 Å². The topological polar surface area (TPSA) is 66.9 Å². The van der Waals surface area contributed by atoms with Crippen LogP contribution in [0.3, 0.4) is 0 Å². The number of nitrogens with zero attached hydrogens (tertiary/aromatic N) is 2. The van der Waals surface area contributed by atoms with Crippen LogP contribution in [0, 0.1) is 0 Å². The van der Waals surface area contributed by atoms with E-state index < -0.39 is 10.0 Å². The van der Waals surface area contributed by atoms with Crippen molar-refractivity contribution >= 4 is 27.5 Å². The standard InChI is InChI=1S/C21H27ClN2O4S/c1-5-24(6-2)29(26,27)17-12-13-19(22)18(14-17)21(25)23(4)15-16-10-8-9-11-20(16)28-7-3/h8-14H,5-7,15H2,1-4H3. The van der Waals surface area contributed by atoms with Crippen molar-refractivity contribution in [3.05, 3.63) is 58.6 Å². The average molecular weight is 439 g/mol. The fourth-order valence-electron chi connectivity index (χ4n) is 3.01. The minimum Gasteiger partial charge on any atom is -0.494 e. The maximum atomic E-state index is 13.0. The van der Waals surface area contributed by atoms with Gasteiger partial charge in [-0.05, 0) is 31.2 Å². The van der Waals surface area contributed by atoms with Crippen molar-refractivity contribution in [2.24, 2.45) is 0 Å². The second-order valence-corrected chi connectivity index (χ2v) is 8.78. The largest absolute Gasteiger partial charge is 0.494 e. The minimum atomic E-state index is -3.69. The smallest absolute Gasteiger partial charge is 0.255 e. The van der Waals surface area contributed by atoms with Crippen molar-refractivity contribution in [1.29, 1.82) is 0 Å². The normalized spacial score (nSPS) is 11.5. The summed E-state index contributed by atoms with van der Waals surface area (Å²) in [6.07, 6.45) is 0. The second kappa shape index (κ2) is 10.1. The van der Waals surface area contributed by atoms with Gasteiger partial charge in [-0.1, -0.05) is 43.6 Å². The molecular formula is C21H27ClN2O4S. The Hall–Kier alpha value is -2.09. The molecule has 0 atom stereocenters. The van der Waals surface area contributed by atoms with Crippen molar-refractivity contribution in [3.63, 3.8) is 0 Å². The van der Waals surface area contributed by atoms with E-state index in [0.29, 0.717) is 32.0 Å². The van der Waals surface area contributed by atoms with Gasteiger partial charge in [0, 0.05) is 32.2 Å². The first-order valence-corrected chi connectivity index (χ1v) is 11.3. The van der Waals surface area contributed by atoms with Crippen molar-refractivity contribution in [2.75, 3.05) is 26.7 Å². The summed E-state index contributed by atoms with van der Waals surface area (Å²) in [6, 6.07) is 11.7. The molecule has 0 aliphatic heterocycles. The molecule has 2 aromatic rings. The van der Waals surface area contributed by atoms with Crippen molar-refractivity contribution in [1.82, 2.24) is 9.21 Å². The lowest BCUT2D eigenvalue weighted by Crippen LogP contribution is -2.31. The molecule has 0 aliphatic rings. The van der Waals surface area contributed by atoms with Gasteiger partial charge in [-0.25, -0.2) is 8.42 Å². The number of amides is 1. The van der Waals surface area contributed by atoms with Gasteiger partial charge in [-0.2, -0.15) is 4.31 Å². The molecule has 0 saturated heterocycles. The number of ether oxygens (including phenoxy) is 1. The third-order valence-corrected chi connectivity index (χ3v) is 6.91. The number of halogens is 1. The molecule has 29 heavy (non-hydrogen) atoms. The molecule has 0 saturated carbocycles. The monoisotopic (exact) mass is 438 g/mol. The molecule has 0 N–H and O–H groups in total. The first kappa shape index (κ1) is 23.2. The van der Waals surface area contributed by atoms with Crippen LogP contribution in [0.25, 0.3) is 0 Å². The van der Waals surface area contributed by atoms with E-state index in [1.165, 1.54) is 27.4 Å². The van der Waals surface area contributed by atoms with Crippen molar-refractivity contribution < 1.29 is 17.9 Å². The molecule has 0 fully saturated rings. The predicted molar refractivity (Wildman–Crippen MR) is 115 cm³/mol. The van der Waals surface area contributed by atoms with E-state index in [-0.39, 0.29) is 21.4 Å². The molecule has 0 aromatic heterocycles. The van der Waals surface area contributed by atoms with Crippen LogP contribution in [-0.2, 0) is 16.6 Å². The highest BCUT2D eigenvalue weighted by Crippen LogP contribution is 2.25. The van der Waals surface area contributed by atoms with E-state index in [2.05, 4.69) is 0 Å². The molecule has 0 spiro atoms. The van der Waals surface area contributed by atoms with Crippen molar-refractivity contribution in [2.45, 2.75) is 32.2 Å². The van der Waals surface area contributed by atoms with Gasteiger partial charge in [0.05, 0.1) is 22.1 Å². The summed E-state index contributed by atoms with van der Waals surface area (Å²) in [5.41, 5.74) is 1.00. The van der Waals surface area contributed by atoms with E-state index in [1.54, 1.807) is 20.9 Å². The van der Waals surface area contributed by atoms with Crippen LogP contribution in [0.15, 0.2) is 47.4 Å². The first-order chi connectivity index (χ1) is 13.8. The van der Waals surface area contributed by atoms with Gasteiger partial charge in [0.2, 0.25) is 10.0 Å². The molecule has 158 valence electrons. The van der Waals surface area contributed by atoms with Gasteiger partial charge in [-0.15, -0.1) is 0 Å². The molecule has 2 rings (SSSR count). The van der Waals surface area contributed by atoms with Crippen LogP contribution in [0.4, 0.5) is 0 Å². The summed E-state index contributed by atoms with van der Waals surface area (Å²) in [5, 5.41) is 0.207. The lowest BCUT2D eigenvalue weighted by molar-refractivity contribution is 0.0784. The Labute approximate surface area is 178 Å². The molecule has 2 aromatic carbocycles. The van der Waals surface area contributed by atoms with Crippen LogP contribution in [0.5, 0.6) is 5.75 Å². The Morgan fingerprint density at radius 1 is 1.07 bits per heavy atom. The molecule has 6 nitrogen and oxygen atoms in total. The van der Waals surface area contributed by atoms with E-state index >= 15 is 0 Å². The fraction of sp³-hybridized carbons (Fsp3) is 0.381. The molecule has 0 bridgehead atoms. The lowest BCUT2D eigenvalue weighted by Gasteiger charge is -2.21. The van der Waals surface area contributed by atoms with Crippen LogP contribution in [-0.4, -0.2) is 50.3 Å². The molecule has 0 unspecified atom stereocenters. The summed E-state index contributed by atoms with van der Waals surface area (Å²) in [6.45, 7) is 6.95. The number of hydrogen-bond acceptors (Lipinski definition) is 4. The number of hydrogen-bond donors (Lipinski definition) is 0. The van der Waals surface area contributed by atoms with Gasteiger partial charge in [0.15, 0.2) is 0 Å². The molecule has 1 amide bonds. The fourth-order valence-corrected chi connectivity index (χ4v) is 4.69. The molecule has 0 aliphatic carbocycles. The number of sulfonamides is 1. The van der Waals surface area contributed by atoms with E-state index in [4.69, 9.17) is 16.3 Å². The molecule has 8 heteroatoms. The number of benzene rings is 2. The summed E-state index contributed by atoms with van der Waals surface area (Å²) in [5.74, 6) is 0.344. The highest BCUT2D eigenvalue weighted by atomic mass is 35.5. The zero-order valence-corrected chi connectivity index (χ0v) is 18.8. The quantitative estimate of drug-likeness (QED) is 0.592. The van der Waals surface area contributed by atoms with Crippen LogP contribution < -0.4 is 4.74 Å². The zero-order valence-electron chi connectivity index (χ0n) is 17.2. The second-order valence-electron chi connectivity index (χ2n) is 6.43. The highest BCUT2D eigenvalue weighted by molar-refractivity contribution is 7.89. The maximum absolute atomic E-state index is 13.0. The maximum Gasteiger partial charge on any atom is 0.255 e. The van der Waals surface area contributed by atoms with Gasteiger partial charge >= 0.3 is 0 Å². The Morgan fingerprint density at radius 2 is 1.72 bits per heavy atom. The predicted octanol–water partition coefficient (Wildman–Crippen LogP) is 4.04. The SMILES string of the molecule is CCOc1ccccc1CN(C)C(=O)c1cc(S(=O)(=O)N(CC)CC)ccc1Cl. The van der Waals surface area contributed by atoms with Gasteiger partial charge < -0.3 is 9.64 Å². The first-order valence-electron chi connectivity index (χ1n) is 9.52. The van der Waals surface area contributed by atoms with Crippen LogP contribution in [0.2, 0.25) is 5.02 Å². The third-order valence-electron chi connectivity index (χ3n) is 4.54. The number of carbonyl (C=O) groups excluding carboxylic acids is 1. The number of para-hydroxylation sites is 1. The molecule has 0 radical (unpaired) electrons. The van der Waals surface area contributed by atoms with Gasteiger partial charge in [0.25, 0.3) is 5.91 Å². The highest BCUT2D eigenvalue weighted by Gasteiger charge is 2.25. The summed E-state index contributed by atoms with van der Waals surface area (Å²) in [7, 11) is -2.04. The zero-order chi connectivity index (χ0) is 21.6. The minimum absolute atomic E-state index is 0.0528. The molecular weight excluding hydrogens is 412 g/mol. The van der Waals surface area contributed by atoms with E-state index in [9.17, 15) is 13.2 Å². The van der Waals surface area contributed by atoms with E-state index in [1.807, 2.05) is 31.2 Å². The Bertz CT molecular complexity index is 959. The Balaban J connectivity index is 2.33. The third kappa shape index (κ3) is 5.29. The van der Waals surface area contributed by atoms with Crippen LogP contribution >= 0.6 is 11.6 Å².